The van der Waals surface area contributed by atoms with Crippen LogP contribution < -0.4 is 0 Å². The third-order valence-electron chi connectivity index (χ3n) is 3.35. The molecule has 0 aromatic carbocycles. The van der Waals surface area contributed by atoms with Gasteiger partial charge in [0.1, 0.15) is 4.83 Å². The van der Waals surface area contributed by atoms with E-state index >= 15 is 0 Å². The predicted molar refractivity (Wildman–Crippen MR) is 62.8 cm³/mol. The molecule has 5 heteroatoms. The van der Waals surface area contributed by atoms with Gasteiger partial charge in [-0.3, -0.25) is 0 Å². The zero-order chi connectivity index (χ0) is 12.3. The van der Waals surface area contributed by atoms with Gasteiger partial charge in [-0.15, -0.1) is 0 Å². The molecule has 96 valence electrons. The lowest BCUT2D eigenvalue weighted by molar-refractivity contribution is -0.131. The highest BCUT2D eigenvalue weighted by atomic mass is 79.9. The van der Waals surface area contributed by atoms with Crippen LogP contribution in [0.4, 0.5) is 13.2 Å². The Bertz CT molecular complexity index is 210. The van der Waals surface area contributed by atoms with Crippen molar-refractivity contribution >= 4 is 15.9 Å². The van der Waals surface area contributed by atoms with Crippen molar-refractivity contribution < 1.29 is 13.2 Å². The van der Waals surface area contributed by atoms with Crippen LogP contribution in [-0.4, -0.2) is 35.5 Å². The molecule has 0 aliphatic carbocycles. The minimum Gasteiger partial charge on any atom is -0.302 e. The lowest BCUT2D eigenvalue weighted by atomic mass is 9.87. The maximum absolute atomic E-state index is 12.3. The van der Waals surface area contributed by atoms with Crippen LogP contribution in [0.25, 0.3) is 0 Å². The number of hydrogen-bond acceptors (Lipinski definition) is 1. The monoisotopic (exact) mass is 301 g/mol. The van der Waals surface area contributed by atoms with Gasteiger partial charge in [0, 0.05) is 6.54 Å². The van der Waals surface area contributed by atoms with Gasteiger partial charge in [0.05, 0.1) is 0 Å². The minimum absolute atomic E-state index is 0.0777. The summed E-state index contributed by atoms with van der Waals surface area (Å²) in [6.45, 7) is 6.03. The SMILES string of the molecule is CC(C)C1CCN(CC(Br)C(F)(F)F)CC1. The Kier molecular flexibility index (Phi) is 5.10. The second-order valence-electron chi connectivity index (χ2n) is 4.89. The lowest BCUT2D eigenvalue weighted by Crippen LogP contribution is -2.42. The zero-order valence-electron chi connectivity index (χ0n) is 9.73. The molecule has 1 saturated heterocycles. The number of rotatable bonds is 3. The molecule has 0 aromatic rings. The van der Waals surface area contributed by atoms with Crippen LogP contribution in [0.5, 0.6) is 0 Å². The Balaban J connectivity index is 2.32. The maximum Gasteiger partial charge on any atom is 0.402 e. The fourth-order valence-corrected chi connectivity index (χ4v) is 2.54. The molecule has 0 saturated carbocycles. The summed E-state index contributed by atoms with van der Waals surface area (Å²) in [5, 5.41) is 0. The van der Waals surface area contributed by atoms with E-state index in [2.05, 4.69) is 29.8 Å². The number of hydrogen-bond donors (Lipinski definition) is 0. The minimum atomic E-state index is -4.13. The van der Waals surface area contributed by atoms with Crippen molar-refractivity contribution in [2.24, 2.45) is 11.8 Å². The summed E-state index contributed by atoms with van der Waals surface area (Å²) >= 11 is 2.71. The zero-order valence-corrected chi connectivity index (χ0v) is 11.3. The number of halogens is 4. The molecule has 1 aliphatic rings. The summed E-state index contributed by atoms with van der Waals surface area (Å²) < 4.78 is 37.0. The Morgan fingerprint density at radius 3 is 2.12 bits per heavy atom. The van der Waals surface area contributed by atoms with Gasteiger partial charge in [-0.25, -0.2) is 0 Å². The third kappa shape index (κ3) is 4.24. The first-order valence-corrected chi connectivity index (χ1v) is 6.65. The topological polar surface area (TPSA) is 3.24 Å². The summed E-state index contributed by atoms with van der Waals surface area (Å²) in [5.41, 5.74) is 0. The van der Waals surface area contributed by atoms with E-state index in [1.54, 1.807) is 0 Å². The van der Waals surface area contributed by atoms with E-state index < -0.39 is 11.0 Å². The molecule has 1 aliphatic heterocycles. The molecule has 1 nitrogen and oxygen atoms in total. The van der Waals surface area contributed by atoms with Gasteiger partial charge in [0.2, 0.25) is 0 Å². The molecule has 0 aromatic heterocycles. The Morgan fingerprint density at radius 1 is 1.25 bits per heavy atom. The fourth-order valence-electron chi connectivity index (χ4n) is 2.13. The van der Waals surface area contributed by atoms with Crippen LogP contribution in [-0.2, 0) is 0 Å². The van der Waals surface area contributed by atoms with Crippen molar-refractivity contribution in [1.29, 1.82) is 0 Å². The Hall–Kier alpha value is 0.230. The normalized spacial score (nSPS) is 22.7. The number of alkyl halides is 4. The van der Waals surface area contributed by atoms with Crippen molar-refractivity contribution in [2.45, 2.75) is 37.7 Å². The van der Waals surface area contributed by atoms with E-state index in [1.165, 1.54) is 0 Å². The summed E-state index contributed by atoms with van der Waals surface area (Å²) in [7, 11) is 0. The summed E-state index contributed by atoms with van der Waals surface area (Å²) in [6.07, 6.45) is -2.08. The Morgan fingerprint density at radius 2 is 1.75 bits per heavy atom. The third-order valence-corrected chi connectivity index (χ3v) is 4.16. The standard InChI is InChI=1S/C11H19BrF3N/c1-8(2)9-3-5-16(6-4-9)7-10(12)11(13,14)15/h8-10H,3-7H2,1-2H3. The van der Waals surface area contributed by atoms with E-state index in [1.807, 2.05) is 4.90 Å². The van der Waals surface area contributed by atoms with E-state index in [0.717, 1.165) is 25.9 Å². The van der Waals surface area contributed by atoms with Crippen molar-refractivity contribution in [3.63, 3.8) is 0 Å². The summed E-state index contributed by atoms with van der Waals surface area (Å²) in [6, 6.07) is 0. The van der Waals surface area contributed by atoms with Crippen LogP contribution in [0.2, 0.25) is 0 Å². The molecule has 16 heavy (non-hydrogen) atoms. The molecule has 0 N–H and O–H groups in total. The van der Waals surface area contributed by atoms with Crippen molar-refractivity contribution in [1.82, 2.24) is 4.90 Å². The average Bonchev–Trinajstić information content (AvgIpc) is 2.17. The van der Waals surface area contributed by atoms with Gasteiger partial charge in [-0.2, -0.15) is 13.2 Å². The smallest absolute Gasteiger partial charge is 0.302 e. The largest absolute Gasteiger partial charge is 0.402 e. The molecular weight excluding hydrogens is 283 g/mol. The van der Waals surface area contributed by atoms with Crippen LogP contribution in [0.15, 0.2) is 0 Å². The first kappa shape index (κ1) is 14.3. The molecule has 0 radical (unpaired) electrons. The van der Waals surface area contributed by atoms with E-state index in [4.69, 9.17) is 0 Å². The van der Waals surface area contributed by atoms with Gasteiger partial charge in [-0.1, -0.05) is 29.8 Å². The van der Waals surface area contributed by atoms with Gasteiger partial charge in [0.25, 0.3) is 0 Å². The molecule has 1 atom stereocenters. The molecule has 1 rings (SSSR count). The molecule has 0 bridgehead atoms. The first-order chi connectivity index (χ1) is 7.30. The highest BCUT2D eigenvalue weighted by Gasteiger charge is 2.39. The fraction of sp³-hybridized carbons (Fsp3) is 1.00. The molecule has 1 heterocycles. The molecule has 1 fully saturated rings. The van der Waals surface area contributed by atoms with Crippen molar-refractivity contribution in [3.8, 4) is 0 Å². The number of likely N-dealkylation sites (tertiary alicyclic amines) is 1. The van der Waals surface area contributed by atoms with Crippen LogP contribution in [0.3, 0.4) is 0 Å². The van der Waals surface area contributed by atoms with Crippen molar-refractivity contribution in [3.05, 3.63) is 0 Å². The predicted octanol–water partition coefficient (Wildman–Crippen LogP) is 3.68. The number of piperidine rings is 1. The van der Waals surface area contributed by atoms with Crippen LogP contribution in [0.1, 0.15) is 26.7 Å². The average molecular weight is 302 g/mol. The molecule has 1 unspecified atom stereocenters. The van der Waals surface area contributed by atoms with E-state index in [-0.39, 0.29) is 6.54 Å². The van der Waals surface area contributed by atoms with Gasteiger partial charge in [-0.05, 0) is 37.8 Å². The van der Waals surface area contributed by atoms with E-state index in [0.29, 0.717) is 11.8 Å². The summed E-state index contributed by atoms with van der Waals surface area (Å²) in [4.78, 5) is 0.516. The molecule has 0 amide bonds. The highest BCUT2D eigenvalue weighted by molar-refractivity contribution is 9.09. The first-order valence-electron chi connectivity index (χ1n) is 5.74. The van der Waals surface area contributed by atoms with Crippen molar-refractivity contribution in [2.75, 3.05) is 19.6 Å². The Labute approximate surface area is 104 Å². The van der Waals surface area contributed by atoms with Gasteiger partial charge < -0.3 is 4.90 Å². The summed E-state index contributed by atoms with van der Waals surface area (Å²) in [5.74, 6) is 1.32. The van der Waals surface area contributed by atoms with Gasteiger partial charge >= 0.3 is 6.18 Å². The lowest BCUT2D eigenvalue weighted by Gasteiger charge is -2.35. The van der Waals surface area contributed by atoms with Crippen LogP contribution in [0, 0.1) is 11.8 Å². The highest BCUT2D eigenvalue weighted by Crippen LogP contribution is 2.29. The van der Waals surface area contributed by atoms with E-state index in [9.17, 15) is 13.2 Å². The number of nitrogens with zero attached hydrogens (tertiary/aromatic N) is 1. The quantitative estimate of drug-likeness (QED) is 0.719. The second kappa shape index (κ2) is 5.71. The van der Waals surface area contributed by atoms with Gasteiger partial charge in [0.15, 0.2) is 0 Å². The van der Waals surface area contributed by atoms with Crippen LogP contribution >= 0.6 is 15.9 Å². The molecule has 0 spiro atoms. The second-order valence-corrected chi connectivity index (χ2v) is 6.00. The molecular formula is C11H19BrF3N. The maximum atomic E-state index is 12.3.